The van der Waals surface area contributed by atoms with Gasteiger partial charge >= 0.3 is 0 Å². The molecule has 1 fully saturated rings. The number of nitrogens with two attached hydrogens (primary N) is 1. The molecule has 0 radical (unpaired) electrons. The Kier molecular flexibility index (Phi) is 6.51. The summed E-state index contributed by atoms with van der Waals surface area (Å²) < 4.78 is 0. The third-order valence-corrected chi connectivity index (χ3v) is 5.00. The molecule has 2 aromatic rings. The standard InChI is InChI=1S/C18H20N2OS.ClH/c19-14-10-12-20(13-11-14)18(21)16-8-4-5-9-17(16)22-15-6-2-1-3-7-15;/h1-9,14H,10-13,19H2;1H. The highest BCUT2D eigenvalue weighted by Crippen LogP contribution is 2.31. The minimum Gasteiger partial charge on any atom is -0.338 e. The Morgan fingerprint density at radius 3 is 2.30 bits per heavy atom. The predicted molar refractivity (Wildman–Crippen MR) is 97.4 cm³/mol. The van der Waals surface area contributed by atoms with Gasteiger partial charge < -0.3 is 10.6 Å². The van der Waals surface area contributed by atoms with Crippen LogP contribution in [-0.4, -0.2) is 29.9 Å². The van der Waals surface area contributed by atoms with Gasteiger partial charge in [-0.15, -0.1) is 12.4 Å². The molecule has 0 aromatic heterocycles. The van der Waals surface area contributed by atoms with Gasteiger partial charge in [0.25, 0.3) is 5.91 Å². The van der Waals surface area contributed by atoms with Crippen molar-refractivity contribution in [1.29, 1.82) is 0 Å². The average molecular weight is 349 g/mol. The van der Waals surface area contributed by atoms with Crippen molar-refractivity contribution in [2.45, 2.75) is 28.7 Å². The lowest BCUT2D eigenvalue weighted by Crippen LogP contribution is -2.43. The summed E-state index contributed by atoms with van der Waals surface area (Å²) in [6.45, 7) is 1.51. The predicted octanol–water partition coefficient (Wildman–Crippen LogP) is 3.82. The highest BCUT2D eigenvalue weighted by Gasteiger charge is 2.23. The zero-order valence-electron chi connectivity index (χ0n) is 12.9. The first kappa shape index (κ1) is 17.9. The fourth-order valence-corrected chi connectivity index (χ4v) is 3.58. The van der Waals surface area contributed by atoms with E-state index in [0.717, 1.165) is 41.3 Å². The van der Waals surface area contributed by atoms with Crippen LogP contribution in [0.1, 0.15) is 23.2 Å². The number of halogens is 1. The first-order chi connectivity index (χ1) is 10.7. The van der Waals surface area contributed by atoms with Gasteiger partial charge in [-0.05, 0) is 37.1 Å². The maximum absolute atomic E-state index is 12.8. The van der Waals surface area contributed by atoms with E-state index in [2.05, 4.69) is 12.1 Å². The van der Waals surface area contributed by atoms with Gasteiger partial charge in [0.15, 0.2) is 0 Å². The summed E-state index contributed by atoms with van der Waals surface area (Å²) in [5.74, 6) is 0.117. The van der Waals surface area contributed by atoms with E-state index in [1.54, 1.807) is 11.8 Å². The summed E-state index contributed by atoms with van der Waals surface area (Å²) in [7, 11) is 0. The molecule has 23 heavy (non-hydrogen) atoms. The van der Waals surface area contributed by atoms with Gasteiger partial charge in [-0.1, -0.05) is 42.1 Å². The maximum Gasteiger partial charge on any atom is 0.255 e. The number of likely N-dealkylation sites (tertiary alicyclic amines) is 1. The van der Waals surface area contributed by atoms with E-state index in [1.165, 1.54) is 0 Å². The van der Waals surface area contributed by atoms with Crippen LogP contribution >= 0.6 is 24.2 Å². The molecule has 1 amide bonds. The minimum absolute atomic E-state index is 0. The van der Waals surface area contributed by atoms with Crippen molar-refractivity contribution in [2.75, 3.05) is 13.1 Å². The van der Waals surface area contributed by atoms with Crippen molar-refractivity contribution in [2.24, 2.45) is 5.73 Å². The SMILES string of the molecule is Cl.NC1CCN(C(=O)c2ccccc2Sc2ccccc2)CC1. The number of carbonyl (C=O) groups excluding carboxylic acids is 1. The van der Waals surface area contributed by atoms with Crippen molar-refractivity contribution in [1.82, 2.24) is 4.90 Å². The summed E-state index contributed by atoms with van der Waals surface area (Å²) in [6.07, 6.45) is 1.78. The molecule has 0 unspecified atom stereocenters. The van der Waals surface area contributed by atoms with Crippen molar-refractivity contribution < 1.29 is 4.79 Å². The Hall–Kier alpha value is -1.49. The molecule has 1 aliphatic heterocycles. The molecular weight excluding hydrogens is 328 g/mol. The molecule has 2 aromatic carbocycles. The number of nitrogens with zero attached hydrogens (tertiary/aromatic N) is 1. The smallest absolute Gasteiger partial charge is 0.255 e. The second kappa shape index (κ2) is 8.39. The Morgan fingerprint density at radius 2 is 1.61 bits per heavy atom. The lowest BCUT2D eigenvalue weighted by Gasteiger charge is -2.30. The first-order valence-electron chi connectivity index (χ1n) is 7.61. The van der Waals surface area contributed by atoms with E-state index in [1.807, 2.05) is 47.4 Å². The lowest BCUT2D eigenvalue weighted by atomic mass is 10.0. The van der Waals surface area contributed by atoms with E-state index in [-0.39, 0.29) is 24.4 Å². The zero-order chi connectivity index (χ0) is 15.4. The third kappa shape index (κ3) is 4.50. The van der Waals surface area contributed by atoms with Gasteiger partial charge in [0, 0.05) is 28.9 Å². The van der Waals surface area contributed by atoms with E-state index in [9.17, 15) is 4.79 Å². The molecule has 0 saturated carbocycles. The summed E-state index contributed by atoms with van der Waals surface area (Å²) in [6, 6.07) is 18.2. The van der Waals surface area contributed by atoms with Crippen molar-refractivity contribution in [3.8, 4) is 0 Å². The fourth-order valence-electron chi connectivity index (χ4n) is 2.62. The number of hydrogen-bond donors (Lipinski definition) is 1. The van der Waals surface area contributed by atoms with Crippen LogP contribution in [-0.2, 0) is 0 Å². The normalized spacial score (nSPS) is 15.1. The molecule has 2 N–H and O–H groups in total. The molecule has 5 heteroatoms. The molecular formula is C18H21ClN2OS. The minimum atomic E-state index is 0. The highest BCUT2D eigenvalue weighted by molar-refractivity contribution is 7.99. The van der Waals surface area contributed by atoms with E-state index in [0.29, 0.717) is 0 Å². The Labute approximate surface area is 147 Å². The van der Waals surface area contributed by atoms with E-state index >= 15 is 0 Å². The van der Waals surface area contributed by atoms with Crippen molar-refractivity contribution in [3.05, 3.63) is 60.2 Å². The van der Waals surface area contributed by atoms with Gasteiger partial charge in [-0.25, -0.2) is 0 Å². The van der Waals surface area contributed by atoms with Crippen molar-refractivity contribution in [3.63, 3.8) is 0 Å². The topological polar surface area (TPSA) is 46.3 Å². The fraction of sp³-hybridized carbons (Fsp3) is 0.278. The molecule has 1 saturated heterocycles. The molecule has 0 bridgehead atoms. The summed E-state index contributed by atoms with van der Waals surface area (Å²) in [5, 5.41) is 0. The van der Waals surface area contributed by atoms with Crippen LogP contribution in [0.25, 0.3) is 0 Å². The summed E-state index contributed by atoms with van der Waals surface area (Å²) >= 11 is 1.63. The molecule has 0 spiro atoms. The van der Waals surface area contributed by atoms with Gasteiger partial charge in [-0.2, -0.15) is 0 Å². The summed E-state index contributed by atoms with van der Waals surface area (Å²) in [4.78, 5) is 16.9. The van der Waals surface area contributed by atoms with Gasteiger partial charge in [0.2, 0.25) is 0 Å². The number of carbonyl (C=O) groups is 1. The molecule has 0 atom stereocenters. The number of rotatable bonds is 3. The molecule has 0 aliphatic carbocycles. The largest absolute Gasteiger partial charge is 0.338 e. The van der Waals surface area contributed by atoms with Crippen LogP contribution < -0.4 is 5.73 Å². The Balaban J connectivity index is 0.00000192. The quantitative estimate of drug-likeness (QED) is 0.917. The highest BCUT2D eigenvalue weighted by atomic mass is 35.5. The maximum atomic E-state index is 12.8. The lowest BCUT2D eigenvalue weighted by molar-refractivity contribution is 0.0711. The van der Waals surface area contributed by atoms with Crippen LogP contribution in [0.5, 0.6) is 0 Å². The number of piperidine rings is 1. The summed E-state index contributed by atoms with van der Waals surface area (Å²) in [5.41, 5.74) is 6.71. The average Bonchev–Trinajstić information content (AvgIpc) is 2.56. The molecule has 3 rings (SSSR count). The van der Waals surface area contributed by atoms with Crippen LogP contribution in [0.4, 0.5) is 0 Å². The second-order valence-electron chi connectivity index (χ2n) is 5.54. The number of benzene rings is 2. The van der Waals surface area contributed by atoms with E-state index in [4.69, 9.17) is 5.73 Å². The van der Waals surface area contributed by atoms with Crippen LogP contribution in [0.2, 0.25) is 0 Å². The van der Waals surface area contributed by atoms with Crippen molar-refractivity contribution >= 4 is 30.1 Å². The van der Waals surface area contributed by atoms with Gasteiger partial charge in [0.1, 0.15) is 0 Å². The number of amides is 1. The van der Waals surface area contributed by atoms with Crippen LogP contribution in [0.15, 0.2) is 64.4 Å². The second-order valence-corrected chi connectivity index (χ2v) is 6.66. The molecule has 1 aliphatic rings. The molecule has 1 heterocycles. The van der Waals surface area contributed by atoms with Crippen LogP contribution in [0, 0.1) is 0 Å². The zero-order valence-corrected chi connectivity index (χ0v) is 14.5. The first-order valence-corrected chi connectivity index (χ1v) is 8.42. The number of hydrogen-bond acceptors (Lipinski definition) is 3. The van der Waals surface area contributed by atoms with Gasteiger partial charge in [-0.3, -0.25) is 4.79 Å². The molecule has 122 valence electrons. The van der Waals surface area contributed by atoms with E-state index < -0.39 is 0 Å². The monoisotopic (exact) mass is 348 g/mol. The Morgan fingerprint density at radius 1 is 1.00 bits per heavy atom. The Bertz CT molecular complexity index is 642. The van der Waals surface area contributed by atoms with Gasteiger partial charge in [0.05, 0.1) is 5.56 Å². The third-order valence-electron chi connectivity index (χ3n) is 3.92. The van der Waals surface area contributed by atoms with Crippen LogP contribution in [0.3, 0.4) is 0 Å². The molecule has 3 nitrogen and oxygen atoms in total.